The van der Waals surface area contributed by atoms with Crippen molar-refractivity contribution in [3.63, 3.8) is 0 Å². The molecule has 0 aliphatic carbocycles. The van der Waals surface area contributed by atoms with Crippen LogP contribution in [-0.4, -0.2) is 98.8 Å². The number of likely N-dealkylation sites (tertiary alicyclic amines) is 1. The maximum absolute atomic E-state index is 13.1. The highest BCUT2D eigenvalue weighted by atomic mass is 16.5. The van der Waals surface area contributed by atoms with Crippen molar-refractivity contribution in [3.8, 4) is 17.5 Å². The molecular formula is C21H21N11O4. The number of carbonyl (C=O) groups excluding carboxylic acids is 2. The van der Waals surface area contributed by atoms with Crippen molar-refractivity contribution in [1.29, 1.82) is 0 Å². The topological polar surface area (TPSA) is 181 Å². The molecule has 6 heterocycles. The average Bonchev–Trinajstić information content (AvgIpc) is 3.69. The molecule has 36 heavy (non-hydrogen) atoms. The Bertz CT molecular complexity index is 1340. The number of ether oxygens (including phenoxy) is 1. The summed E-state index contributed by atoms with van der Waals surface area (Å²) in [6, 6.07) is 3.46. The molecule has 0 radical (unpaired) electrons. The number of H-pyrrole nitrogens is 1. The quantitative estimate of drug-likeness (QED) is 0.408. The first-order valence-electron chi connectivity index (χ1n) is 11.3. The zero-order valence-corrected chi connectivity index (χ0v) is 18.9. The molecule has 15 nitrogen and oxygen atoms in total. The molecule has 3 aromatic heterocycles. The van der Waals surface area contributed by atoms with Crippen LogP contribution in [0.25, 0.3) is 17.5 Å². The predicted octanol–water partition coefficient (Wildman–Crippen LogP) is -0.850. The van der Waals surface area contributed by atoms with Crippen LogP contribution in [-0.2, 0) is 14.3 Å². The largest absolute Gasteiger partial charge is 0.456 e. The monoisotopic (exact) mass is 491 g/mol. The van der Waals surface area contributed by atoms with E-state index in [1.807, 2.05) is 6.08 Å². The van der Waals surface area contributed by atoms with Gasteiger partial charge in [-0.25, -0.2) is 9.78 Å². The second kappa shape index (κ2) is 8.69. The number of tetrazole rings is 2. The van der Waals surface area contributed by atoms with E-state index in [0.29, 0.717) is 49.6 Å². The fraction of sp³-hybridized carbons (Fsp3) is 0.381. The number of aliphatic hydroxyl groups is 1. The van der Waals surface area contributed by atoms with Gasteiger partial charge in [-0.2, -0.15) is 9.90 Å². The zero-order chi connectivity index (χ0) is 24.7. The molecule has 0 unspecified atom stereocenters. The van der Waals surface area contributed by atoms with Crippen LogP contribution < -0.4 is 0 Å². The summed E-state index contributed by atoms with van der Waals surface area (Å²) in [5, 5.41) is 35.9. The molecule has 1 atom stereocenters. The van der Waals surface area contributed by atoms with Gasteiger partial charge in [0.1, 0.15) is 6.61 Å². The van der Waals surface area contributed by atoms with Gasteiger partial charge >= 0.3 is 5.97 Å². The molecule has 3 aliphatic heterocycles. The Kier molecular flexibility index (Phi) is 5.34. The number of β-amino-alcohol motifs (C(OH)–C–C–N with tert-alkyl or cyclic N) is 1. The second-order valence-electron chi connectivity index (χ2n) is 8.81. The van der Waals surface area contributed by atoms with Crippen molar-refractivity contribution in [1.82, 2.24) is 55.6 Å². The summed E-state index contributed by atoms with van der Waals surface area (Å²) >= 11 is 0. The Morgan fingerprint density at radius 3 is 2.75 bits per heavy atom. The van der Waals surface area contributed by atoms with Crippen LogP contribution >= 0.6 is 0 Å². The van der Waals surface area contributed by atoms with E-state index in [-0.39, 0.29) is 24.2 Å². The van der Waals surface area contributed by atoms with Crippen LogP contribution in [0.15, 0.2) is 42.4 Å². The van der Waals surface area contributed by atoms with Crippen molar-refractivity contribution < 1.29 is 19.4 Å². The molecule has 1 amide bonds. The fourth-order valence-electron chi connectivity index (χ4n) is 4.65. The van der Waals surface area contributed by atoms with E-state index in [1.54, 1.807) is 24.5 Å². The van der Waals surface area contributed by atoms with Crippen LogP contribution in [0.1, 0.15) is 24.5 Å². The average molecular weight is 491 g/mol. The highest BCUT2D eigenvalue weighted by Crippen LogP contribution is 2.41. The Hall–Kier alpha value is -4.37. The van der Waals surface area contributed by atoms with Gasteiger partial charge in [-0.3, -0.25) is 9.69 Å². The van der Waals surface area contributed by atoms with Gasteiger partial charge in [-0.1, -0.05) is 12.1 Å². The van der Waals surface area contributed by atoms with Crippen molar-refractivity contribution in [2.75, 3.05) is 26.2 Å². The minimum absolute atomic E-state index is 0.0326. The summed E-state index contributed by atoms with van der Waals surface area (Å²) in [5.74, 6) is 0.494. The van der Waals surface area contributed by atoms with E-state index >= 15 is 0 Å². The molecule has 0 saturated carbocycles. The lowest BCUT2D eigenvalue weighted by molar-refractivity contribution is -0.137. The predicted molar refractivity (Wildman–Crippen MR) is 118 cm³/mol. The maximum Gasteiger partial charge on any atom is 0.333 e. The molecule has 15 heteroatoms. The fourth-order valence-corrected chi connectivity index (χ4v) is 4.65. The number of pyridine rings is 1. The number of rotatable bonds is 6. The highest BCUT2D eigenvalue weighted by molar-refractivity contribution is 5.93. The van der Waals surface area contributed by atoms with E-state index < -0.39 is 17.5 Å². The Labute approximate surface area is 203 Å². The number of hydrogen-bond donors (Lipinski definition) is 2. The Morgan fingerprint density at radius 2 is 2.06 bits per heavy atom. The minimum atomic E-state index is -0.760. The van der Waals surface area contributed by atoms with Gasteiger partial charge in [0.2, 0.25) is 17.6 Å². The lowest BCUT2D eigenvalue weighted by atomic mass is 9.78. The van der Waals surface area contributed by atoms with Gasteiger partial charge in [-0.15, -0.1) is 15.3 Å². The van der Waals surface area contributed by atoms with Gasteiger partial charge in [0, 0.05) is 30.6 Å². The van der Waals surface area contributed by atoms with E-state index in [9.17, 15) is 14.7 Å². The van der Waals surface area contributed by atoms with E-state index in [4.69, 9.17) is 4.74 Å². The van der Waals surface area contributed by atoms with E-state index in [1.165, 1.54) is 15.7 Å². The van der Waals surface area contributed by atoms with Crippen molar-refractivity contribution >= 4 is 11.9 Å². The first-order valence-corrected chi connectivity index (χ1v) is 11.3. The van der Waals surface area contributed by atoms with Crippen LogP contribution in [0.2, 0.25) is 0 Å². The number of piperidine rings is 1. The van der Waals surface area contributed by atoms with Crippen LogP contribution in [0.5, 0.6) is 0 Å². The smallest absolute Gasteiger partial charge is 0.333 e. The number of hydrogen-bond acceptors (Lipinski definition) is 12. The lowest BCUT2D eigenvalue weighted by Gasteiger charge is -2.38. The first-order chi connectivity index (χ1) is 17.5. The number of aromatic nitrogens is 9. The maximum atomic E-state index is 13.1. The van der Waals surface area contributed by atoms with Crippen molar-refractivity contribution in [2.24, 2.45) is 5.41 Å². The molecule has 1 fully saturated rings. The van der Waals surface area contributed by atoms with Gasteiger partial charge in [0.05, 0.1) is 17.2 Å². The van der Waals surface area contributed by atoms with Crippen LogP contribution in [0, 0.1) is 5.41 Å². The number of nitrogens with zero attached hydrogens (tertiary/aromatic N) is 10. The van der Waals surface area contributed by atoms with Gasteiger partial charge in [-0.05, 0) is 47.6 Å². The molecule has 0 aromatic carbocycles. The third kappa shape index (κ3) is 3.83. The third-order valence-corrected chi connectivity index (χ3v) is 6.71. The molecule has 1 spiro atoms. The van der Waals surface area contributed by atoms with Gasteiger partial charge in [0.15, 0.2) is 5.82 Å². The zero-order valence-electron chi connectivity index (χ0n) is 18.9. The van der Waals surface area contributed by atoms with Gasteiger partial charge in [0.25, 0.3) is 0 Å². The summed E-state index contributed by atoms with van der Waals surface area (Å²) in [6.45, 7) is 1.83. The first kappa shape index (κ1) is 22.1. The van der Waals surface area contributed by atoms with Crippen molar-refractivity contribution in [2.45, 2.75) is 18.9 Å². The second-order valence-corrected chi connectivity index (χ2v) is 8.81. The van der Waals surface area contributed by atoms with Crippen molar-refractivity contribution in [3.05, 3.63) is 47.9 Å². The molecule has 3 aromatic rings. The number of esters is 1. The molecule has 184 valence electrons. The molecule has 1 saturated heterocycles. The summed E-state index contributed by atoms with van der Waals surface area (Å²) < 4.78 is 6.31. The summed E-state index contributed by atoms with van der Waals surface area (Å²) in [5.41, 5.74) is 0.631. The highest BCUT2D eigenvalue weighted by Gasteiger charge is 2.46. The number of nitrogens with one attached hydrogen (secondary N) is 1. The number of aromatic amines is 1. The van der Waals surface area contributed by atoms with Gasteiger partial charge < -0.3 is 14.7 Å². The van der Waals surface area contributed by atoms with Crippen LogP contribution in [0.4, 0.5) is 0 Å². The molecule has 3 aliphatic rings. The molecule has 6 rings (SSSR count). The van der Waals surface area contributed by atoms with E-state index in [2.05, 4.69) is 46.0 Å². The number of aliphatic hydroxyl groups excluding tert-OH is 1. The summed E-state index contributed by atoms with van der Waals surface area (Å²) in [6.07, 6.45) is 7.10. The Balaban J connectivity index is 1.07. The molecule has 0 bridgehead atoms. The third-order valence-electron chi connectivity index (χ3n) is 6.71. The van der Waals surface area contributed by atoms with Crippen LogP contribution in [0.3, 0.4) is 0 Å². The molecular weight excluding hydrogens is 470 g/mol. The minimum Gasteiger partial charge on any atom is -0.456 e. The SMILES string of the molecule is O=C1C=C(N2C=CC3(CCN(C[C@@H](O)c4ccc(-n5nnnc5-c5nn[nH]n5)nc4)CC3)C2=O)CO1. The van der Waals surface area contributed by atoms with E-state index in [0.717, 1.165) is 0 Å². The molecule has 2 N–H and O–H groups in total. The normalized spacial score (nSPS) is 20.2. The standard InChI is InChI=1S/C21H21N11O4/c33-15(13-1-2-16(22-10-13)32-19(25-28-29-32)18-23-26-27-24-18)11-30-6-3-21(4-7-30)5-8-31(20(21)35)14-9-17(34)36-12-14/h1-2,5,8-10,15,33H,3-4,6-7,11-12H2,(H,23,24,26,27)/t15-/m1/s1. The lowest BCUT2D eigenvalue weighted by Crippen LogP contribution is -2.45. The number of amides is 1. The number of cyclic esters (lactones) is 1. The summed E-state index contributed by atoms with van der Waals surface area (Å²) in [4.78, 5) is 32.5. The number of carbonyl (C=O) groups is 2. The summed E-state index contributed by atoms with van der Waals surface area (Å²) in [7, 11) is 0. The Morgan fingerprint density at radius 1 is 1.19 bits per heavy atom.